The van der Waals surface area contributed by atoms with Gasteiger partial charge in [-0.15, -0.1) is 0 Å². The molecule has 0 radical (unpaired) electrons. The third kappa shape index (κ3) is 1.80. The molecular formula is C12H10F3N3S. The van der Waals surface area contributed by atoms with Crippen LogP contribution in [0.1, 0.15) is 12.8 Å². The van der Waals surface area contributed by atoms with Crippen LogP contribution in [0.15, 0.2) is 30.3 Å². The molecule has 19 heavy (non-hydrogen) atoms. The molecule has 0 unspecified atom stereocenters. The van der Waals surface area contributed by atoms with Crippen LogP contribution in [0.4, 0.5) is 13.2 Å². The highest BCUT2D eigenvalue weighted by Gasteiger charge is 2.66. The minimum atomic E-state index is -4.32. The Bertz CT molecular complexity index is 653. The summed E-state index contributed by atoms with van der Waals surface area (Å²) >= 11 is 4.97. The van der Waals surface area contributed by atoms with E-state index in [1.165, 1.54) is 0 Å². The summed E-state index contributed by atoms with van der Waals surface area (Å²) in [6, 6.07) is 8.74. The number of aromatic nitrogens is 3. The highest BCUT2D eigenvalue weighted by molar-refractivity contribution is 7.71. The second kappa shape index (κ2) is 3.93. The molecule has 1 aromatic heterocycles. The minimum Gasteiger partial charge on any atom is -0.285 e. The summed E-state index contributed by atoms with van der Waals surface area (Å²) in [5.41, 5.74) is -1.27. The molecule has 2 aromatic rings. The standard InChI is InChI=1S/C12H10F3N3S/c13-12(14,15)11(6-7-11)18-9(16-17-10(18)19)8-4-2-1-3-5-8/h1-5H,6-7H2,(H,17,19). The maximum atomic E-state index is 13.2. The van der Waals surface area contributed by atoms with Gasteiger partial charge < -0.3 is 0 Å². The van der Waals surface area contributed by atoms with Gasteiger partial charge in [-0.2, -0.15) is 18.3 Å². The highest BCUT2D eigenvalue weighted by Crippen LogP contribution is 2.56. The zero-order chi connectivity index (χ0) is 13.7. The van der Waals surface area contributed by atoms with Gasteiger partial charge in [-0.25, -0.2) is 0 Å². The van der Waals surface area contributed by atoms with Crippen LogP contribution in [0.2, 0.25) is 0 Å². The summed E-state index contributed by atoms with van der Waals surface area (Å²) in [7, 11) is 0. The number of nitrogens with zero attached hydrogens (tertiary/aromatic N) is 2. The zero-order valence-electron chi connectivity index (χ0n) is 9.74. The first kappa shape index (κ1) is 12.4. The lowest BCUT2D eigenvalue weighted by molar-refractivity contribution is -0.179. The van der Waals surface area contributed by atoms with E-state index in [-0.39, 0.29) is 23.4 Å². The Morgan fingerprint density at radius 3 is 2.37 bits per heavy atom. The van der Waals surface area contributed by atoms with Crippen LogP contribution in [-0.4, -0.2) is 20.9 Å². The van der Waals surface area contributed by atoms with Crippen molar-refractivity contribution in [2.24, 2.45) is 0 Å². The predicted molar refractivity (Wildman–Crippen MR) is 66.1 cm³/mol. The summed E-state index contributed by atoms with van der Waals surface area (Å²) in [5, 5.41) is 6.42. The first-order valence-corrected chi connectivity index (χ1v) is 6.17. The van der Waals surface area contributed by atoms with Crippen molar-refractivity contribution >= 4 is 12.2 Å². The molecule has 1 aliphatic carbocycles. The number of hydrogen-bond acceptors (Lipinski definition) is 2. The van der Waals surface area contributed by atoms with Gasteiger partial charge in [0.05, 0.1) is 0 Å². The van der Waals surface area contributed by atoms with E-state index in [0.717, 1.165) is 4.57 Å². The number of H-pyrrole nitrogens is 1. The number of alkyl halides is 3. The van der Waals surface area contributed by atoms with Gasteiger partial charge in [-0.3, -0.25) is 9.67 Å². The highest BCUT2D eigenvalue weighted by atomic mass is 32.1. The van der Waals surface area contributed by atoms with Gasteiger partial charge in [0, 0.05) is 5.56 Å². The van der Waals surface area contributed by atoms with E-state index < -0.39 is 11.7 Å². The average Bonchev–Trinajstić information content (AvgIpc) is 3.09. The largest absolute Gasteiger partial charge is 0.412 e. The monoisotopic (exact) mass is 285 g/mol. The van der Waals surface area contributed by atoms with E-state index in [2.05, 4.69) is 10.2 Å². The quantitative estimate of drug-likeness (QED) is 0.854. The normalized spacial score (nSPS) is 17.4. The van der Waals surface area contributed by atoms with E-state index in [9.17, 15) is 13.2 Å². The molecule has 0 bridgehead atoms. The molecule has 1 fully saturated rings. The molecule has 1 aliphatic rings. The van der Waals surface area contributed by atoms with E-state index in [1.807, 2.05) is 0 Å². The van der Waals surface area contributed by atoms with Crippen molar-refractivity contribution < 1.29 is 13.2 Å². The number of rotatable bonds is 2. The van der Waals surface area contributed by atoms with Gasteiger partial charge in [0.2, 0.25) is 0 Å². The topological polar surface area (TPSA) is 33.6 Å². The number of halogens is 3. The molecule has 1 N–H and O–H groups in total. The molecule has 0 spiro atoms. The molecule has 0 atom stereocenters. The average molecular weight is 285 g/mol. The molecule has 3 rings (SSSR count). The van der Waals surface area contributed by atoms with Gasteiger partial charge in [-0.05, 0) is 25.1 Å². The summed E-state index contributed by atoms with van der Waals surface area (Å²) < 4.78 is 40.8. The summed E-state index contributed by atoms with van der Waals surface area (Å²) in [6.45, 7) is 0. The summed E-state index contributed by atoms with van der Waals surface area (Å²) in [5.74, 6) is 0.237. The van der Waals surface area contributed by atoms with E-state index in [1.54, 1.807) is 30.3 Å². The molecule has 7 heteroatoms. The van der Waals surface area contributed by atoms with Crippen LogP contribution < -0.4 is 0 Å². The fraction of sp³-hybridized carbons (Fsp3) is 0.333. The van der Waals surface area contributed by atoms with Crippen LogP contribution in [0, 0.1) is 4.77 Å². The molecule has 1 aromatic carbocycles. The van der Waals surface area contributed by atoms with Gasteiger partial charge in [0.1, 0.15) is 5.54 Å². The van der Waals surface area contributed by atoms with Gasteiger partial charge in [0.15, 0.2) is 10.6 Å². The fourth-order valence-electron chi connectivity index (χ4n) is 2.23. The lowest BCUT2D eigenvalue weighted by atomic mass is 10.2. The summed E-state index contributed by atoms with van der Waals surface area (Å²) in [4.78, 5) is 0. The minimum absolute atomic E-state index is 0.00804. The van der Waals surface area contributed by atoms with Crippen LogP contribution in [0.25, 0.3) is 11.4 Å². The first-order chi connectivity index (χ1) is 8.96. The van der Waals surface area contributed by atoms with Gasteiger partial charge >= 0.3 is 6.18 Å². The number of benzene rings is 1. The third-order valence-corrected chi connectivity index (χ3v) is 3.66. The number of aromatic amines is 1. The van der Waals surface area contributed by atoms with Crippen LogP contribution in [0.3, 0.4) is 0 Å². The smallest absolute Gasteiger partial charge is 0.285 e. The van der Waals surface area contributed by atoms with Crippen molar-refractivity contribution in [3.8, 4) is 11.4 Å². The van der Waals surface area contributed by atoms with Crippen molar-refractivity contribution in [2.75, 3.05) is 0 Å². The Balaban J connectivity index is 2.19. The van der Waals surface area contributed by atoms with Crippen LogP contribution in [0.5, 0.6) is 0 Å². The van der Waals surface area contributed by atoms with Crippen LogP contribution >= 0.6 is 12.2 Å². The van der Waals surface area contributed by atoms with Crippen LogP contribution in [-0.2, 0) is 5.54 Å². The molecule has 1 heterocycles. The Morgan fingerprint density at radius 1 is 1.21 bits per heavy atom. The van der Waals surface area contributed by atoms with E-state index >= 15 is 0 Å². The fourth-order valence-corrected chi connectivity index (χ4v) is 2.53. The first-order valence-electron chi connectivity index (χ1n) is 5.76. The Morgan fingerprint density at radius 2 is 1.84 bits per heavy atom. The molecule has 100 valence electrons. The number of hydrogen-bond donors (Lipinski definition) is 1. The van der Waals surface area contributed by atoms with Crippen molar-refractivity contribution in [1.82, 2.24) is 14.8 Å². The lowest BCUT2D eigenvalue weighted by Crippen LogP contribution is -2.35. The molecule has 0 saturated heterocycles. The maximum Gasteiger partial charge on any atom is 0.412 e. The number of nitrogens with one attached hydrogen (secondary N) is 1. The lowest BCUT2D eigenvalue weighted by Gasteiger charge is -2.22. The SMILES string of the molecule is FC(F)(F)C1(n2c(-c3ccccc3)n[nH]c2=S)CC1. The van der Waals surface area contributed by atoms with Crippen molar-refractivity contribution in [2.45, 2.75) is 24.6 Å². The molecule has 3 nitrogen and oxygen atoms in total. The predicted octanol–water partition coefficient (Wildman–Crippen LogP) is 3.66. The Labute approximate surface area is 112 Å². The third-order valence-electron chi connectivity index (χ3n) is 3.38. The second-order valence-corrected chi connectivity index (χ2v) is 4.97. The second-order valence-electron chi connectivity index (χ2n) is 4.58. The zero-order valence-corrected chi connectivity index (χ0v) is 10.6. The maximum absolute atomic E-state index is 13.2. The van der Waals surface area contributed by atoms with E-state index in [4.69, 9.17) is 12.2 Å². The van der Waals surface area contributed by atoms with Crippen molar-refractivity contribution in [1.29, 1.82) is 0 Å². The molecule has 0 amide bonds. The Kier molecular flexibility index (Phi) is 2.57. The van der Waals surface area contributed by atoms with E-state index in [0.29, 0.717) is 5.56 Å². The van der Waals surface area contributed by atoms with Gasteiger partial charge in [-0.1, -0.05) is 30.3 Å². The molecule has 0 aliphatic heterocycles. The molecular weight excluding hydrogens is 275 g/mol. The Hall–Kier alpha value is -1.63. The van der Waals surface area contributed by atoms with Crippen molar-refractivity contribution in [3.63, 3.8) is 0 Å². The van der Waals surface area contributed by atoms with Crippen molar-refractivity contribution in [3.05, 3.63) is 35.1 Å². The summed E-state index contributed by atoms with van der Waals surface area (Å²) in [6.07, 6.45) is -4.23. The van der Waals surface area contributed by atoms with Gasteiger partial charge in [0.25, 0.3) is 0 Å². The molecule has 1 saturated carbocycles.